The number of benzene rings is 1. The number of carbonyl (C=O) groups is 1. The van der Waals surface area contributed by atoms with Crippen molar-refractivity contribution >= 4 is 18.1 Å². The molecule has 1 aromatic carbocycles. The third-order valence-electron chi connectivity index (χ3n) is 8.01. The largest absolute Gasteiger partial charge is 0.353 e. The molecule has 4 bridgehead atoms. The van der Waals surface area contributed by atoms with Crippen LogP contribution in [0.4, 0.5) is 0 Å². The highest BCUT2D eigenvalue weighted by atomic mass is 32.1. The van der Waals surface area contributed by atoms with Gasteiger partial charge in [-0.05, 0) is 87.8 Å². The van der Waals surface area contributed by atoms with Crippen molar-refractivity contribution in [2.24, 2.45) is 23.2 Å². The molecule has 0 radical (unpaired) electrons. The van der Waals surface area contributed by atoms with E-state index in [9.17, 15) is 4.79 Å². The first-order chi connectivity index (χ1) is 14.4. The molecule has 160 valence electrons. The Morgan fingerprint density at radius 3 is 2.40 bits per heavy atom. The number of nitrogens with zero attached hydrogens (tertiary/aromatic N) is 2. The maximum absolute atomic E-state index is 12.9. The molecule has 4 aliphatic rings. The number of carbonyl (C=O) groups excluding carboxylic acids is 1. The van der Waals surface area contributed by atoms with Gasteiger partial charge in [0.05, 0.1) is 0 Å². The first-order valence-electron chi connectivity index (χ1n) is 11.4. The smallest absolute Gasteiger partial charge is 0.222 e. The molecular formula is C24H32N4OS. The summed E-state index contributed by atoms with van der Waals surface area (Å²) in [6.07, 6.45) is 8.64. The van der Waals surface area contributed by atoms with E-state index in [0.29, 0.717) is 23.2 Å². The Labute approximate surface area is 183 Å². The van der Waals surface area contributed by atoms with E-state index in [0.717, 1.165) is 29.1 Å². The van der Waals surface area contributed by atoms with Crippen LogP contribution in [0.3, 0.4) is 0 Å². The van der Waals surface area contributed by atoms with Crippen molar-refractivity contribution in [1.29, 1.82) is 0 Å². The van der Waals surface area contributed by atoms with Crippen molar-refractivity contribution in [3.05, 3.63) is 34.6 Å². The molecule has 2 aromatic rings. The number of hydrogen-bond acceptors (Lipinski definition) is 3. The lowest BCUT2D eigenvalue weighted by Gasteiger charge is -2.59. The van der Waals surface area contributed by atoms with Crippen LogP contribution >= 0.6 is 12.2 Å². The van der Waals surface area contributed by atoms with Crippen molar-refractivity contribution < 1.29 is 4.79 Å². The Kier molecular flexibility index (Phi) is 5.08. The fraction of sp³-hybridized carbons (Fsp3) is 0.625. The van der Waals surface area contributed by atoms with Crippen LogP contribution in [0.5, 0.6) is 0 Å². The number of aromatic amines is 1. The lowest BCUT2D eigenvalue weighted by molar-refractivity contribution is -0.126. The highest BCUT2D eigenvalue weighted by molar-refractivity contribution is 7.71. The zero-order chi connectivity index (χ0) is 20.9. The number of nitrogens with one attached hydrogen (secondary N) is 2. The molecule has 2 N–H and O–H groups in total. The minimum absolute atomic E-state index is 0.121. The van der Waals surface area contributed by atoms with Gasteiger partial charge in [0.2, 0.25) is 5.91 Å². The monoisotopic (exact) mass is 424 g/mol. The molecule has 6 rings (SSSR count). The van der Waals surface area contributed by atoms with Crippen molar-refractivity contribution in [2.45, 2.75) is 71.4 Å². The summed E-state index contributed by atoms with van der Waals surface area (Å²) >= 11 is 5.43. The van der Waals surface area contributed by atoms with Crippen LogP contribution in [0.1, 0.15) is 57.4 Å². The Hall–Kier alpha value is -1.95. The average Bonchev–Trinajstić information content (AvgIpc) is 3.06. The fourth-order valence-electron chi connectivity index (χ4n) is 6.84. The highest BCUT2D eigenvalue weighted by Gasteiger charge is 2.53. The summed E-state index contributed by atoms with van der Waals surface area (Å²) in [4.78, 5) is 12.9. The highest BCUT2D eigenvalue weighted by Crippen LogP contribution is 2.61. The standard InChI is InChI=1S/C24H32N4OS/c1-15-3-5-20(6-4-15)22-26-27-23(30)28(22)8-7-21(29)25-16(2)24-12-17-9-18(13-24)11-19(10-17)14-24/h3-6,16-19H,7-14H2,1-2H3,(H,25,29)(H,27,30). The summed E-state index contributed by atoms with van der Waals surface area (Å²) in [6.45, 7) is 4.85. The third kappa shape index (κ3) is 3.64. The van der Waals surface area contributed by atoms with Crippen LogP contribution in [-0.2, 0) is 11.3 Å². The molecule has 4 saturated carbocycles. The minimum atomic E-state index is 0.121. The van der Waals surface area contributed by atoms with Crippen LogP contribution in [0.2, 0.25) is 0 Å². The molecule has 4 fully saturated rings. The van der Waals surface area contributed by atoms with Gasteiger partial charge in [-0.3, -0.25) is 14.5 Å². The van der Waals surface area contributed by atoms with Crippen molar-refractivity contribution in [1.82, 2.24) is 20.1 Å². The van der Waals surface area contributed by atoms with Gasteiger partial charge < -0.3 is 5.32 Å². The van der Waals surface area contributed by atoms with E-state index >= 15 is 0 Å². The predicted molar refractivity (Wildman–Crippen MR) is 120 cm³/mol. The molecule has 1 heterocycles. The lowest BCUT2D eigenvalue weighted by Crippen LogP contribution is -2.55. The molecule has 1 unspecified atom stereocenters. The van der Waals surface area contributed by atoms with Crippen LogP contribution < -0.4 is 5.32 Å². The zero-order valence-corrected chi connectivity index (χ0v) is 18.8. The molecule has 1 atom stereocenters. The van der Waals surface area contributed by atoms with Crippen molar-refractivity contribution in [2.75, 3.05) is 0 Å². The molecule has 0 aliphatic heterocycles. The Morgan fingerprint density at radius 2 is 1.80 bits per heavy atom. The molecule has 30 heavy (non-hydrogen) atoms. The van der Waals surface area contributed by atoms with Crippen LogP contribution in [0.25, 0.3) is 11.4 Å². The number of amides is 1. The zero-order valence-electron chi connectivity index (χ0n) is 18.0. The second-order valence-electron chi connectivity index (χ2n) is 10.2. The van der Waals surface area contributed by atoms with Gasteiger partial charge in [0.25, 0.3) is 0 Å². The number of aryl methyl sites for hydroxylation is 1. The van der Waals surface area contributed by atoms with E-state index in [1.807, 2.05) is 16.7 Å². The van der Waals surface area contributed by atoms with Gasteiger partial charge in [0, 0.05) is 24.6 Å². The first kappa shape index (κ1) is 20.0. The number of rotatable bonds is 6. The molecule has 0 saturated heterocycles. The lowest BCUT2D eigenvalue weighted by atomic mass is 9.48. The van der Waals surface area contributed by atoms with Crippen LogP contribution in [0.15, 0.2) is 24.3 Å². The average molecular weight is 425 g/mol. The predicted octanol–water partition coefficient (Wildman–Crippen LogP) is 5.03. The third-order valence-corrected chi connectivity index (χ3v) is 8.32. The van der Waals surface area contributed by atoms with Crippen molar-refractivity contribution in [3.63, 3.8) is 0 Å². The van der Waals surface area contributed by atoms with E-state index in [1.165, 1.54) is 44.1 Å². The molecule has 1 aromatic heterocycles. The first-order valence-corrected chi connectivity index (χ1v) is 11.8. The van der Waals surface area contributed by atoms with E-state index in [1.54, 1.807) is 0 Å². The van der Waals surface area contributed by atoms with Gasteiger partial charge in [-0.15, -0.1) is 0 Å². The topological polar surface area (TPSA) is 62.7 Å². The quantitative estimate of drug-likeness (QED) is 0.640. The Balaban J connectivity index is 1.24. The maximum atomic E-state index is 12.9. The summed E-state index contributed by atoms with van der Waals surface area (Å²) in [7, 11) is 0. The normalized spacial score (nSPS) is 30.4. The number of hydrogen-bond donors (Lipinski definition) is 2. The van der Waals surface area contributed by atoms with Gasteiger partial charge >= 0.3 is 0 Å². The van der Waals surface area contributed by atoms with Crippen LogP contribution in [0, 0.1) is 34.9 Å². The fourth-order valence-corrected chi connectivity index (χ4v) is 7.06. The van der Waals surface area contributed by atoms with Gasteiger partial charge in [-0.25, -0.2) is 0 Å². The molecule has 5 nitrogen and oxygen atoms in total. The SMILES string of the molecule is Cc1ccc(-c2n[nH]c(=S)n2CCC(=O)NC(C)C23CC4CC(CC(C4)C2)C3)cc1. The van der Waals surface area contributed by atoms with Gasteiger partial charge in [0.1, 0.15) is 0 Å². The van der Waals surface area contributed by atoms with Gasteiger partial charge in [0.15, 0.2) is 10.6 Å². The molecule has 6 heteroatoms. The van der Waals surface area contributed by atoms with E-state index in [-0.39, 0.29) is 11.9 Å². The minimum Gasteiger partial charge on any atom is -0.353 e. The summed E-state index contributed by atoms with van der Waals surface area (Å²) in [5, 5.41) is 10.7. The Morgan fingerprint density at radius 1 is 1.20 bits per heavy atom. The van der Waals surface area contributed by atoms with E-state index < -0.39 is 0 Å². The summed E-state index contributed by atoms with van der Waals surface area (Å²) in [5.74, 6) is 3.61. The van der Waals surface area contributed by atoms with Gasteiger partial charge in [-0.2, -0.15) is 5.10 Å². The van der Waals surface area contributed by atoms with E-state index in [2.05, 4.69) is 41.5 Å². The van der Waals surface area contributed by atoms with Crippen molar-refractivity contribution in [3.8, 4) is 11.4 Å². The second-order valence-corrected chi connectivity index (χ2v) is 10.6. The summed E-state index contributed by atoms with van der Waals surface area (Å²) in [5.41, 5.74) is 2.55. The molecule has 0 spiro atoms. The number of aromatic nitrogens is 3. The summed E-state index contributed by atoms with van der Waals surface area (Å²) < 4.78 is 2.50. The van der Waals surface area contributed by atoms with E-state index in [4.69, 9.17) is 12.2 Å². The number of H-pyrrole nitrogens is 1. The van der Waals surface area contributed by atoms with Crippen LogP contribution in [-0.4, -0.2) is 26.7 Å². The van der Waals surface area contributed by atoms with Gasteiger partial charge in [-0.1, -0.05) is 29.8 Å². The Bertz CT molecular complexity index is 954. The molecule has 4 aliphatic carbocycles. The molecule has 1 amide bonds. The summed E-state index contributed by atoms with van der Waals surface area (Å²) in [6, 6.07) is 8.49. The second kappa shape index (κ2) is 7.63. The maximum Gasteiger partial charge on any atom is 0.222 e. The molecular weight excluding hydrogens is 392 g/mol.